The Kier molecular flexibility index (Phi) is 6.34. The van der Waals surface area contributed by atoms with Crippen LogP contribution in [-0.4, -0.2) is 28.8 Å². The van der Waals surface area contributed by atoms with Gasteiger partial charge in [0.1, 0.15) is 11.5 Å². The van der Waals surface area contributed by atoms with Crippen molar-refractivity contribution in [3.05, 3.63) is 70.1 Å². The number of carboxylic acid groups (broad SMARTS) is 1. The third-order valence-electron chi connectivity index (χ3n) is 4.16. The highest BCUT2D eigenvalue weighted by Gasteiger charge is 2.35. The van der Waals surface area contributed by atoms with E-state index in [1.54, 1.807) is 6.92 Å². The first-order valence-electron chi connectivity index (χ1n) is 8.79. The summed E-state index contributed by atoms with van der Waals surface area (Å²) in [5.41, 5.74) is -2.12. The molecule has 0 saturated heterocycles. The van der Waals surface area contributed by atoms with Crippen LogP contribution in [0.15, 0.2) is 47.6 Å². The van der Waals surface area contributed by atoms with Crippen molar-refractivity contribution in [3.8, 4) is 11.3 Å². The van der Waals surface area contributed by atoms with Gasteiger partial charge in [-0.3, -0.25) is 0 Å². The molecule has 0 aliphatic rings. The maximum absolute atomic E-state index is 14.5. The molecule has 0 saturated carbocycles. The standard InChI is InChI=1S/C20H14F5N3O2S/c1-2-28(26-10-11-7-8-12(21)9-14(11)18(29)30)19-27-16(17(22)31-19)13-5-3-4-6-15(13)20(23,24)25/h3-10H,2H2,1H3,(H,29,30)/b26-10+. The number of carboxylic acids is 1. The number of aromatic carboxylic acids is 1. The molecule has 0 aliphatic carbocycles. The highest BCUT2D eigenvalue weighted by Crippen LogP contribution is 2.39. The summed E-state index contributed by atoms with van der Waals surface area (Å²) in [6.07, 6.45) is -3.56. The molecule has 1 N–H and O–H groups in total. The number of hydrogen-bond acceptors (Lipinski definition) is 5. The molecule has 5 nitrogen and oxygen atoms in total. The molecule has 0 amide bonds. The molecule has 3 rings (SSSR count). The van der Waals surface area contributed by atoms with Crippen LogP contribution in [0.5, 0.6) is 0 Å². The van der Waals surface area contributed by atoms with Crippen molar-refractivity contribution < 1.29 is 31.9 Å². The van der Waals surface area contributed by atoms with Crippen LogP contribution in [-0.2, 0) is 6.18 Å². The smallest absolute Gasteiger partial charge is 0.417 e. The van der Waals surface area contributed by atoms with Gasteiger partial charge >= 0.3 is 12.1 Å². The fourth-order valence-corrected chi connectivity index (χ4v) is 3.56. The van der Waals surface area contributed by atoms with Crippen LogP contribution < -0.4 is 5.01 Å². The van der Waals surface area contributed by atoms with Crippen LogP contribution >= 0.6 is 11.3 Å². The van der Waals surface area contributed by atoms with E-state index in [-0.39, 0.29) is 22.8 Å². The normalized spacial score (nSPS) is 11.8. The number of hydrazone groups is 1. The zero-order chi connectivity index (χ0) is 22.8. The Balaban J connectivity index is 1.98. The van der Waals surface area contributed by atoms with Crippen LogP contribution in [0.4, 0.5) is 27.1 Å². The lowest BCUT2D eigenvalue weighted by Crippen LogP contribution is -2.16. The van der Waals surface area contributed by atoms with Gasteiger partial charge in [-0.05, 0) is 31.2 Å². The van der Waals surface area contributed by atoms with E-state index in [4.69, 9.17) is 0 Å². The molecule has 2 aromatic carbocycles. The van der Waals surface area contributed by atoms with Gasteiger partial charge in [0.2, 0.25) is 10.3 Å². The van der Waals surface area contributed by atoms with Gasteiger partial charge in [0.25, 0.3) is 0 Å². The Labute approximate surface area is 177 Å². The third-order valence-corrected chi connectivity index (χ3v) is 5.02. The monoisotopic (exact) mass is 455 g/mol. The largest absolute Gasteiger partial charge is 0.478 e. The average Bonchev–Trinajstić information content (AvgIpc) is 3.10. The van der Waals surface area contributed by atoms with Gasteiger partial charge < -0.3 is 5.11 Å². The summed E-state index contributed by atoms with van der Waals surface area (Å²) in [5.74, 6) is -2.10. The zero-order valence-corrected chi connectivity index (χ0v) is 16.6. The van der Waals surface area contributed by atoms with E-state index in [2.05, 4.69) is 10.1 Å². The number of anilines is 1. The number of rotatable bonds is 6. The summed E-state index contributed by atoms with van der Waals surface area (Å²) in [5, 5.41) is 13.5. The van der Waals surface area contributed by atoms with Crippen LogP contribution in [0.25, 0.3) is 11.3 Å². The van der Waals surface area contributed by atoms with Crippen LogP contribution in [0.2, 0.25) is 0 Å². The van der Waals surface area contributed by atoms with Crippen molar-refractivity contribution in [2.45, 2.75) is 13.1 Å². The van der Waals surface area contributed by atoms with E-state index in [0.29, 0.717) is 11.3 Å². The maximum Gasteiger partial charge on any atom is 0.417 e. The zero-order valence-electron chi connectivity index (χ0n) is 15.8. The molecule has 1 heterocycles. The summed E-state index contributed by atoms with van der Waals surface area (Å²) in [6.45, 7) is 1.80. The van der Waals surface area contributed by atoms with E-state index in [1.165, 1.54) is 23.2 Å². The van der Waals surface area contributed by atoms with Gasteiger partial charge in [0.05, 0.1) is 17.3 Å². The Morgan fingerprint density at radius 1 is 1.23 bits per heavy atom. The van der Waals surface area contributed by atoms with Gasteiger partial charge in [-0.25, -0.2) is 19.2 Å². The number of halogens is 5. The molecule has 162 valence electrons. The van der Waals surface area contributed by atoms with E-state index in [0.717, 1.165) is 30.5 Å². The van der Waals surface area contributed by atoms with Gasteiger partial charge in [-0.15, -0.1) is 0 Å². The molecule has 0 spiro atoms. The molecule has 0 bridgehead atoms. The lowest BCUT2D eigenvalue weighted by atomic mass is 10.0. The summed E-state index contributed by atoms with van der Waals surface area (Å²) < 4.78 is 67.7. The topological polar surface area (TPSA) is 65.8 Å². The summed E-state index contributed by atoms with van der Waals surface area (Å²) >= 11 is 0.500. The van der Waals surface area contributed by atoms with E-state index < -0.39 is 39.9 Å². The predicted octanol–water partition coefficient (Wildman–Crippen LogP) is 5.67. The average molecular weight is 455 g/mol. The highest BCUT2D eigenvalue weighted by atomic mass is 32.1. The molecule has 3 aromatic rings. The Bertz CT molecular complexity index is 1140. The predicted molar refractivity (Wildman–Crippen MR) is 106 cm³/mol. The first-order valence-corrected chi connectivity index (χ1v) is 9.60. The lowest BCUT2D eigenvalue weighted by Gasteiger charge is -2.13. The molecule has 0 radical (unpaired) electrons. The second-order valence-corrected chi connectivity index (χ2v) is 7.09. The molecular weight excluding hydrogens is 441 g/mol. The third kappa shape index (κ3) is 4.88. The molecule has 0 aliphatic heterocycles. The maximum atomic E-state index is 14.5. The minimum absolute atomic E-state index is 0.0257. The van der Waals surface area contributed by atoms with Crippen molar-refractivity contribution in [1.29, 1.82) is 0 Å². The van der Waals surface area contributed by atoms with Gasteiger partial charge in [-0.1, -0.05) is 29.5 Å². The van der Waals surface area contributed by atoms with Crippen LogP contribution in [0.3, 0.4) is 0 Å². The fourth-order valence-electron chi connectivity index (χ4n) is 2.73. The first-order chi connectivity index (χ1) is 14.6. The molecular formula is C20H14F5N3O2S. The molecule has 0 atom stereocenters. The van der Waals surface area contributed by atoms with Crippen molar-refractivity contribution in [3.63, 3.8) is 0 Å². The molecule has 1 aromatic heterocycles. The van der Waals surface area contributed by atoms with Gasteiger partial charge in [-0.2, -0.15) is 22.7 Å². The van der Waals surface area contributed by atoms with Crippen LogP contribution in [0, 0.1) is 10.9 Å². The molecule has 31 heavy (non-hydrogen) atoms. The Hall–Kier alpha value is -3.34. The number of nitrogens with zero attached hydrogens (tertiary/aromatic N) is 3. The van der Waals surface area contributed by atoms with E-state index in [9.17, 15) is 31.9 Å². The van der Waals surface area contributed by atoms with E-state index in [1.807, 2.05) is 0 Å². The number of thiazole rings is 1. The van der Waals surface area contributed by atoms with Crippen molar-refractivity contribution in [1.82, 2.24) is 4.98 Å². The SMILES string of the molecule is CCN(/N=C/c1ccc(F)cc1C(=O)O)c1nc(-c2ccccc2C(F)(F)F)c(F)s1. The number of benzene rings is 2. The van der Waals surface area contributed by atoms with Gasteiger partial charge in [0.15, 0.2) is 0 Å². The van der Waals surface area contributed by atoms with Crippen LogP contribution in [0.1, 0.15) is 28.4 Å². The molecule has 0 unspecified atom stereocenters. The minimum Gasteiger partial charge on any atom is -0.478 e. The second kappa shape index (κ2) is 8.80. The van der Waals surface area contributed by atoms with Crippen molar-refractivity contribution in [2.75, 3.05) is 11.6 Å². The molecule has 0 fully saturated rings. The number of aromatic nitrogens is 1. The fraction of sp³-hybridized carbons (Fsp3) is 0.150. The Morgan fingerprint density at radius 3 is 2.58 bits per heavy atom. The second-order valence-electron chi connectivity index (χ2n) is 6.16. The number of carbonyl (C=O) groups is 1. The Morgan fingerprint density at radius 2 is 1.94 bits per heavy atom. The number of hydrogen-bond donors (Lipinski definition) is 1. The first kappa shape index (κ1) is 22.3. The lowest BCUT2D eigenvalue weighted by molar-refractivity contribution is -0.137. The van der Waals surface area contributed by atoms with Gasteiger partial charge in [0, 0.05) is 17.7 Å². The summed E-state index contributed by atoms with van der Waals surface area (Å²) in [4.78, 5) is 15.3. The summed E-state index contributed by atoms with van der Waals surface area (Å²) in [7, 11) is 0. The molecule has 11 heteroatoms. The highest BCUT2D eigenvalue weighted by molar-refractivity contribution is 7.14. The number of alkyl halides is 3. The van der Waals surface area contributed by atoms with Crippen molar-refractivity contribution >= 4 is 28.7 Å². The van der Waals surface area contributed by atoms with E-state index >= 15 is 0 Å². The summed E-state index contributed by atoms with van der Waals surface area (Å²) in [6, 6.07) is 7.61. The quantitative estimate of drug-likeness (QED) is 0.296. The van der Waals surface area contributed by atoms with Crippen molar-refractivity contribution in [2.24, 2.45) is 5.10 Å². The minimum atomic E-state index is -4.69.